The van der Waals surface area contributed by atoms with Crippen molar-refractivity contribution >= 4 is 17.5 Å². The molecule has 0 saturated carbocycles. The number of benzene rings is 1. The van der Waals surface area contributed by atoms with Gasteiger partial charge in [0.15, 0.2) is 0 Å². The van der Waals surface area contributed by atoms with E-state index in [4.69, 9.17) is 22.1 Å². The SMILES string of the molecule is CC(C)(C)NCc1ccc(OCCC(N)=O)c(Cl)c1. The maximum absolute atomic E-state index is 10.6. The molecule has 1 amide bonds. The van der Waals surface area contributed by atoms with E-state index in [1.165, 1.54) is 0 Å². The molecule has 0 heterocycles. The summed E-state index contributed by atoms with van der Waals surface area (Å²) in [5.41, 5.74) is 6.18. The molecule has 0 saturated heterocycles. The van der Waals surface area contributed by atoms with Gasteiger partial charge in [0.1, 0.15) is 5.75 Å². The Hall–Kier alpha value is -1.26. The molecule has 106 valence electrons. The van der Waals surface area contributed by atoms with Crippen molar-refractivity contribution in [3.05, 3.63) is 28.8 Å². The smallest absolute Gasteiger partial charge is 0.220 e. The molecule has 3 N–H and O–H groups in total. The third kappa shape index (κ3) is 6.45. The van der Waals surface area contributed by atoms with Crippen LogP contribution in [0.2, 0.25) is 5.02 Å². The third-order valence-corrected chi connectivity index (χ3v) is 2.72. The van der Waals surface area contributed by atoms with Gasteiger partial charge in [-0.3, -0.25) is 4.79 Å². The van der Waals surface area contributed by atoms with Crippen molar-refractivity contribution in [2.45, 2.75) is 39.3 Å². The van der Waals surface area contributed by atoms with Crippen LogP contribution in [0.1, 0.15) is 32.8 Å². The van der Waals surface area contributed by atoms with Gasteiger partial charge in [-0.05, 0) is 38.5 Å². The van der Waals surface area contributed by atoms with Crippen LogP contribution in [-0.2, 0) is 11.3 Å². The van der Waals surface area contributed by atoms with E-state index in [1.807, 2.05) is 18.2 Å². The second kappa shape index (κ2) is 6.78. The van der Waals surface area contributed by atoms with Crippen molar-refractivity contribution in [2.75, 3.05) is 6.61 Å². The van der Waals surface area contributed by atoms with E-state index in [1.54, 1.807) is 0 Å². The Morgan fingerprint density at radius 3 is 2.63 bits per heavy atom. The summed E-state index contributed by atoms with van der Waals surface area (Å²) >= 11 is 6.13. The number of carbonyl (C=O) groups excluding carboxylic acids is 1. The Kier molecular flexibility index (Phi) is 5.63. The molecule has 0 aliphatic heterocycles. The third-order valence-electron chi connectivity index (χ3n) is 2.43. The number of rotatable bonds is 6. The van der Waals surface area contributed by atoms with Gasteiger partial charge in [-0.1, -0.05) is 17.7 Å². The monoisotopic (exact) mass is 284 g/mol. The van der Waals surface area contributed by atoms with Crippen molar-refractivity contribution in [1.82, 2.24) is 5.32 Å². The number of hydrogen-bond donors (Lipinski definition) is 2. The lowest BCUT2D eigenvalue weighted by atomic mass is 10.1. The molecule has 0 unspecified atom stereocenters. The minimum absolute atomic E-state index is 0.0587. The molecule has 0 aromatic heterocycles. The molecular formula is C14H21ClN2O2. The summed E-state index contributed by atoms with van der Waals surface area (Å²) in [4.78, 5) is 10.6. The maximum atomic E-state index is 10.6. The minimum atomic E-state index is -0.387. The Morgan fingerprint density at radius 1 is 1.42 bits per heavy atom. The van der Waals surface area contributed by atoms with Crippen LogP contribution in [0.4, 0.5) is 0 Å². The summed E-state index contributed by atoms with van der Waals surface area (Å²) in [6, 6.07) is 5.62. The number of primary amides is 1. The predicted molar refractivity (Wildman–Crippen MR) is 77.4 cm³/mol. The van der Waals surface area contributed by atoms with Gasteiger partial charge in [-0.2, -0.15) is 0 Å². The fourth-order valence-electron chi connectivity index (χ4n) is 1.40. The van der Waals surface area contributed by atoms with E-state index in [0.717, 1.165) is 12.1 Å². The molecule has 4 nitrogen and oxygen atoms in total. The lowest BCUT2D eigenvalue weighted by molar-refractivity contribution is -0.118. The highest BCUT2D eigenvalue weighted by atomic mass is 35.5. The summed E-state index contributed by atoms with van der Waals surface area (Å²) in [7, 11) is 0. The van der Waals surface area contributed by atoms with Crippen LogP contribution >= 0.6 is 11.6 Å². The summed E-state index contributed by atoms with van der Waals surface area (Å²) in [5.74, 6) is 0.185. The average Bonchev–Trinajstić information content (AvgIpc) is 2.27. The van der Waals surface area contributed by atoms with Gasteiger partial charge in [0, 0.05) is 12.1 Å². The zero-order valence-corrected chi connectivity index (χ0v) is 12.4. The molecule has 0 radical (unpaired) electrons. The standard InChI is InChI=1S/C14H21ClN2O2/c1-14(2,3)17-9-10-4-5-12(11(15)8-10)19-7-6-13(16)18/h4-5,8,17H,6-7,9H2,1-3H3,(H2,16,18). The molecule has 0 bridgehead atoms. The Labute approximate surface area is 119 Å². The summed E-state index contributed by atoms with van der Waals surface area (Å²) in [6.45, 7) is 7.31. The van der Waals surface area contributed by atoms with Crippen LogP contribution in [-0.4, -0.2) is 18.1 Å². The quantitative estimate of drug-likeness (QED) is 0.843. The zero-order valence-electron chi connectivity index (χ0n) is 11.6. The van der Waals surface area contributed by atoms with E-state index in [0.29, 0.717) is 10.8 Å². The van der Waals surface area contributed by atoms with E-state index < -0.39 is 0 Å². The van der Waals surface area contributed by atoms with Gasteiger partial charge in [-0.15, -0.1) is 0 Å². The highest BCUT2D eigenvalue weighted by Gasteiger charge is 2.09. The largest absolute Gasteiger partial charge is 0.491 e. The summed E-state index contributed by atoms with van der Waals surface area (Å²) in [6.07, 6.45) is 0.184. The van der Waals surface area contributed by atoms with E-state index in [2.05, 4.69) is 26.1 Å². The van der Waals surface area contributed by atoms with E-state index in [9.17, 15) is 4.79 Å². The van der Waals surface area contributed by atoms with Crippen LogP contribution in [0, 0.1) is 0 Å². The van der Waals surface area contributed by atoms with Crippen LogP contribution in [0.15, 0.2) is 18.2 Å². The van der Waals surface area contributed by atoms with Crippen LogP contribution in [0.3, 0.4) is 0 Å². The van der Waals surface area contributed by atoms with Crippen molar-refractivity contribution in [3.8, 4) is 5.75 Å². The van der Waals surface area contributed by atoms with Gasteiger partial charge < -0.3 is 15.8 Å². The van der Waals surface area contributed by atoms with Crippen molar-refractivity contribution in [1.29, 1.82) is 0 Å². The molecule has 0 aliphatic rings. The highest BCUT2D eigenvalue weighted by molar-refractivity contribution is 6.32. The van der Waals surface area contributed by atoms with Crippen LogP contribution in [0.5, 0.6) is 5.75 Å². The molecule has 1 rings (SSSR count). The molecule has 5 heteroatoms. The second-order valence-corrected chi connectivity index (χ2v) is 5.84. The molecule has 1 aromatic carbocycles. The first-order valence-corrected chi connectivity index (χ1v) is 6.60. The number of nitrogens with one attached hydrogen (secondary N) is 1. The van der Waals surface area contributed by atoms with Crippen molar-refractivity contribution < 1.29 is 9.53 Å². The van der Waals surface area contributed by atoms with Crippen molar-refractivity contribution in [2.24, 2.45) is 5.73 Å². The Balaban J connectivity index is 2.56. The Bertz CT molecular complexity index is 442. The number of halogens is 1. The molecule has 19 heavy (non-hydrogen) atoms. The summed E-state index contributed by atoms with van der Waals surface area (Å²) in [5, 5.41) is 3.92. The second-order valence-electron chi connectivity index (χ2n) is 5.43. The zero-order chi connectivity index (χ0) is 14.5. The van der Waals surface area contributed by atoms with Gasteiger partial charge in [-0.25, -0.2) is 0 Å². The number of amides is 1. The number of ether oxygens (including phenoxy) is 1. The molecular weight excluding hydrogens is 264 g/mol. The first-order valence-electron chi connectivity index (χ1n) is 6.22. The van der Waals surface area contributed by atoms with Gasteiger partial charge in [0.05, 0.1) is 18.1 Å². The first-order chi connectivity index (χ1) is 8.78. The predicted octanol–water partition coefficient (Wildman–Crippen LogP) is 2.48. The number of hydrogen-bond acceptors (Lipinski definition) is 3. The van der Waals surface area contributed by atoms with E-state index >= 15 is 0 Å². The Morgan fingerprint density at radius 2 is 2.11 bits per heavy atom. The molecule has 0 fully saturated rings. The molecule has 0 atom stereocenters. The fraction of sp³-hybridized carbons (Fsp3) is 0.500. The van der Waals surface area contributed by atoms with Crippen molar-refractivity contribution in [3.63, 3.8) is 0 Å². The number of nitrogens with two attached hydrogens (primary N) is 1. The van der Waals surface area contributed by atoms with Gasteiger partial charge in [0.25, 0.3) is 0 Å². The first kappa shape index (κ1) is 15.8. The normalized spacial score (nSPS) is 11.4. The summed E-state index contributed by atoms with van der Waals surface area (Å²) < 4.78 is 5.39. The average molecular weight is 285 g/mol. The van der Waals surface area contributed by atoms with Crippen LogP contribution in [0.25, 0.3) is 0 Å². The molecule has 0 spiro atoms. The minimum Gasteiger partial charge on any atom is -0.491 e. The molecule has 1 aromatic rings. The number of carbonyl (C=O) groups is 1. The molecule has 0 aliphatic carbocycles. The topological polar surface area (TPSA) is 64.3 Å². The maximum Gasteiger partial charge on any atom is 0.220 e. The van der Waals surface area contributed by atoms with E-state index in [-0.39, 0.29) is 24.5 Å². The fourth-order valence-corrected chi connectivity index (χ4v) is 1.66. The highest BCUT2D eigenvalue weighted by Crippen LogP contribution is 2.25. The lowest BCUT2D eigenvalue weighted by Gasteiger charge is -2.20. The lowest BCUT2D eigenvalue weighted by Crippen LogP contribution is -2.35. The van der Waals surface area contributed by atoms with Gasteiger partial charge >= 0.3 is 0 Å². The van der Waals surface area contributed by atoms with Crippen LogP contribution < -0.4 is 15.8 Å². The van der Waals surface area contributed by atoms with Gasteiger partial charge in [0.2, 0.25) is 5.91 Å².